The summed E-state index contributed by atoms with van der Waals surface area (Å²) in [6.07, 6.45) is -4.38. The molecular formula is C26H29F4NO3. The van der Waals surface area contributed by atoms with Gasteiger partial charge in [-0.1, -0.05) is 39.8 Å². The smallest absolute Gasteiger partial charge is 0.418 e. The third-order valence-corrected chi connectivity index (χ3v) is 6.22. The zero-order valence-electron chi connectivity index (χ0n) is 19.8. The molecule has 184 valence electrons. The van der Waals surface area contributed by atoms with E-state index in [-0.39, 0.29) is 28.0 Å². The van der Waals surface area contributed by atoms with E-state index in [1.807, 2.05) is 0 Å². The van der Waals surface area contributed by atoms with Crippen LogP contribution in [0.2, 0.25) is 0 Å². The van der Waals surface area contributed by atoms with Gasteiger partial charge in [0.25, 0.3) is 0 Å². The fourth-order valence-corrected chi connectivity index (χ4v) is 4.47. The van der Waals surface area contributed by atoms with Gasteiger partial charge in [-0.25, -0.2) is 4.39 Å². The fraction of sp³-hybridized carbons (Fsp3) is 0.423. The van der Waals surface area contributed by atoms with Gasteiger partial charge < -0.3 is 14.4 Å². The van der Waals surface area contributed by atoms with E-state index in [2.05, 4.69) is 0 Å². The number of alkyl halides is 3. The lowest BCUT2D eigenvalue weighted by Crippen LogP contribution is -2.52. The zero-order chi connectivity index (χ0) is 25.5. The molecule has 1 unspecified atom stereocenters. The van der Waals surface area contributed by atoms with Crippen LogP contribution in [-0.4, -0.2) is 28.6 Å². The Morgan fingerprint density at radius 2 is 1.74 bits per heavy atom. The van der Waals surface area contributed by atoms with E-state index >= 15 is 0 Å². The van der Waals surface area contributed by atoms with Crippen LogP contribution < -0.4 is 10.2 Å². The predicted molar refractivity (Wildman–Crippen MR) is 124 cm³/mol. The van der Waals surface area contributed by atoms with Crippen molar-refractivity contribution in [1.29, 1.82) is 0 Å². The Kier molecular flexibility index (Phi) is 6.86. The van der Waals surface area contributed by atoms with Gasteiger partial charge in [-0.2, -0.15) is 13.2 Å². The number of methoxy groups -OCH3 is 1. The number of aliphatic hydroxyl groups is 1. The van der Waals surface area contributed by atoms with Crippen LogP contribution in [0.4, 0.5) is 17.6 Å². The molecule has 8 heteroatoms. The van der Waals surface area contributed by atoms with Crippen molar-refractivity contribution in [1.82, 2.24) is 4.57 Å². The summed E-state index contributed by atoms with van der Waals surface area (Å²) in [5, 5.41) is 11.4. The maximum atomic E-state index is 14.4. The number of hydrogen-bond acceptors (Lipinski definition) is 3. The third-order valence-electron chi connectivity index (χ3n) is 6.22. The van der Waals surface area contributed by atoms with Crippen LogP contribution >= 0.6 is 0 Å². The van der Waals surface area contributed by atoms with E-state index in [9.17, 15) is 27.5 Å². The quantitative estimate of drug-likeness (QED) is 0.427. The first-order valence-electron chi connectivity index (χ1n) is 11.0. The lowest BCUT2D eigenvalue weighted by molar-refractivity contribution is -0.271. The molecule has 1 aromatic heterocycles. The summed E-state index contributed by atoms with van der Waals surface area (Å²) in [5.41, 5.74) is -3.88. The van der Waals surface area contributed by atoms with Gasteiger partial charge in [0.2, 0.25) is 0 Å². The largest absolute Gasteiger partial charge is 0.496 e. The first-order chi connectivity index (χ1) is 15.7. The molecule has 2 aromatic carbocycles. The minimum absolute atomic E-state index is 0.213. The predicted octanol–water partition coefficient (Wildman–Crippen LogP) is 5.93. The van der Waals surface area contributed by atoms with E-state index in [1.165, 1.54) is 37.8 Å². The molecule has 0 bridgehead atoms. The van der Waals surface area contributed by atoms with Crippen LogP contribution in [-0.2, 0) is 12.0 Å². The van der Waals surface area contributed by atoms with Crippen LogP contribution in [0.25, 0.3) is 10.9 Å². The molecule has 4 nitrogen and oxygen atoms in total. The number of halogens is 4. The molecule has 0 saturated carbocycles. The highest BCUT2D eigenvalue weighted by Crippen LogP contribution is 2.44. The third kappa shape index (κ3) is 4.82. The second-order valence-electron chi connectivity index (χ2n) is 9.65. The molecule has 0 saturated heterocycles. The van der Waals surface area contributed by atoms with E-state index < -0.39 is 36.0 Å². The second kappa shape index (κ2) is 9.06. The Labute approximate surface area is 195 Å². The molecule has 0 aliphatic carbocycles. The van der Waals surface area contributed by atoms with Gasteiger partial charge >= 0.3 is 6.18 Å². The van der Waals surface area contributed by atoms with Crippen molar-refractivity contribution >= 4 is 10.9 Å². The van der Waals surface area contributed by atoms with Crippen LogP contribution in [0.3, 0.4) is 0 Å². The number of para-hydroxylation sites is 1. The molecule has 0 aliphatic heterocycles. The van der Waals surface area contributed by atoms with Crippen LogP contribution in [0.15, 0.2) is 53.5 Å². The van der Waals surface area contributed by atoms with Gasteiger partial charge in [0, 0.05) is 22.7 Å². The van der Waals surface area contributed by atoms with Crippen molar-refractivity contribution in [3.8, 4) is 5.75 Å². The average Bonchev–Trinajstić information content (AvgIpc) is 2.74. The Hall–Kier alpha value is -2.87. The number of fused-ring (bicyclic) bond motifs is 1. The normalized spacial score (nSPS) is 14.4. The fourth-order valence-electron chi connectivity index (χ4n) is 4.47. The number of ether oxygens (including phenoxy) is 1. The van der Waals surface area contributed by atoms with Gasteiger partial charge in [0.05, 0.1) is 19.2 Å². The SMILES string of the molecule is COc1ccc(F)cc1C(C)(C)CC(O)(Cn1cc(C(C)C)c(=O)c2ccccc21)C(F)(F)F. The van der Waals surface area contributed by atoms with Gasteiger partial charge in [0.15, 0.2) is 11.0 Å². The molecule has 3 aromatic rings. The summed E-state index contributed by atoms with van der Waals surface area (Å²) in [7, 11) is 1.35. The monoisotopic (exact) mass is 479 g/mol. The number of benzene rings is 2. The minimum Gasteiger partial charge on any atom is -0.496 e. The summed E-state index contributed by atoms with van der Waals surface area (Å²) >= 11 is 0. The highest BCUT2D eigenvalue weighted by Gasteiger charge is 2.56. The average molecular weight is 480 g/mol. The molecule has 0 radical (unpaired) electrons. The van der Waals surface area contributed by atoms with Crippen molar-refractivity contribution in [3.05, 3.63) is 75.8 Å². The standard InChI is InChI=1S/C26H29F4NO3/c1-16(2)19-13-31(21-9-7-6-8-18(21)23(19)32)15-25(33,26(28,29)30)14-24(3,4)20-12-17(27)10-11-22(20)34-5/h6-13,16,33H,14-15H2,1-5H3. The summed E-state index contributed by atoms with van der Waals surface area (Å²) in [5.74, 6) is -0.616. The number of nitrogens with zero attached hydrogens (tertiary/aromatic N) is 1. The Morgan fingerprint density at radius 3 is 2.32 bits per heavy atom. The number of hydrogen-bond donors (Lipinski definition) is 1. The minimum atomic E-state index is -5.01. The summed E-state index contributed by atoms with van der Waals surface area (Å²) in [6.45, 7) is 5.74. The molecule has 0 fully saturated rings. The van der Waals surface area contributed by atoms with E-state index in [0.717, 1.165) is 12.1 Å². The molecule has 0 amide bonds. The molecular weight excluding hydrogens is 450 g/mol. The van der Waals surface area contributed by atoms with E-state index in [1.54, 1.807) is 38.1 Å². The first-order valence-corrected chi connectivity index (χ1v) is 11.0. The lowest BCUT2D eigenvalue weighted by Gasteiger charge is -2.39. The number of pyridine rings is 1. The Balaban J connectivity index is 2.16. The summed E-state index contributed by atoms with van der Waals surface area (Å²) < 4.78 is 63.7. The second-order valence-corrected chi connectivity index (χ2v) is 9.65. The van der Waals surface area contributed by atoms with Gasteiger partial charge in [-0.3, -0.25) is 4.79 Å². The van der Waals surface area contributed by atoms with Crippen molar-refractivity contribution in [2.24, 2.45) is 0 Å². The Morgan fingerprint density at radius 1 is 1.09 bits per heavy atom. The summed E-state index contributed by atoms with van der Waals surface area (Å²) in [4.78, 5) is 12.9. The van der Waals surface area contributed by atoms with Crippen LogP contribution in [0, 0.1) is 5.82 Å². The van der Waals surface area contributed by atoms with E-state index in [0.29, 0.717) is 11.1 Å². The number of aromatic nitrogens is 1. The highest BCUT2D eigenvalue weighted by atomic mass is 19.4. The molecule has 1 N–H and O–H groups in total. The topological polar surface area (TPSA) is 51.5 Å². The highest BCUT2D eigenvalue weighted by molar-refractivity contribution is 5.79. The molecule has 0 spiro atoms. The molecule has 34 heavy (non-hydrogen) atoms. The molecule has 1 heterocycles. The van der Waals surface area contributed by atoms with Crippen molar-refractivity contribution in [3.63, 3.8) is 0 Å². The van der Waals surface area contributed by atoms with Gasteiger partial charge in [0.1, 0.15) is 11.6 Å². The van der Waals surface area contributed by atoms with E-state index in [4.69, 9.17) is 4.74 Å². The molecule has 0 aliphatic rings. The van der Waals surface area contributed by atoms with Crippen molar-refractivity contribution in [2.75, 3.05) is 7.11 Å². The molecule has 3 rings (SSSR count). The maximum absolute atomic E-state index is 14.4. The van der Waals surface area contributed by atoms with Crippen LogP contribution in [0.5, 0.6) is 5.75 Å². The van der Waals surface area contributed by atoms with Crippen molar-refractivity contribution < 1.29 is 27.4 Å². The lowest BCUT2D eigenvalue weighted by atomic mass is 9.74. The summed E-state index contributed by atoms with van der Waals surface area (Å²) in [6, 6.07) is 10.0. The maximum Gasteiger partial charge on any atom is 0.418 e. The van der Waals surface area contributed by atoms with Crippen molar-refractivity contribution in [2.45, 2.75) is 63.8 Å². The number of rotatable bonds is 7. The van der Waals surface area contributed by atoms with Crippen LogP contribution in [0.1, 0.15) is 51.2 Å². The Bertz CT molecular complexity index is 1250. The van der Waals surface area contributed by atoms with Gasteiger partial charge in [-0.15, -0.1) is 0 Å². The molecule has 1 atom stereocenters. The first kappa shape index (κ1) is 25.7. The van der Waals surface area contributed by atoms with Gasteiger partial charge in [-0.05, 0) is 48.1 Å². The zero-order valence-corrected chi connectivity index (χ0v) is 19.8.